The van der Waals surface area contributed by atoms with Gasteiger partial charge in [0, 0.05) is 28.5 Å². The number of imide groups is 2. The molecule has 0 aliphatic carbocycles. The molecule has 0 spiro atoms. The summed E-state index contributed by atoms with van der Waals surface area (Å²) in [7, 11) is 0. The van der Waals surface area contributed by atoms with Crippen molar-refractivity contribution in [1.29, 1.82) is 0 Å². The molecule has 0 bridgehead atoms. The zero-order chi connectivity index (χ0) is 17.7. The second-order valence-corrected chi connectivity index (χ2v) is 5.81. The summed E-state index contributed by atoms with van der Waals surface area (Å²) in [5.41, 5.74) is 1.07. The summed E-state index contributed by atoms with van der Waals surface area (Å²) in [5.74, 6) is -1.63. The smallest absolute Gasteiger partial charge is 0.260 e. The van der Waals surface area contributed by atoms with Crippen LogP contribution in [0.2, 0.25) is 0 Å². The summed E-state index contributed by atoms with van der Waals surface area (Å²) < 4.78 is 0. The van der Waals surface area contributed by atoms with Gasteiger partial charge in [0.1, 0.15) is 0 Å². The van der Waals surface area contributed by atoms with E-state index in [9.17, 15) is 19.2 Å². The SMILES string of the molecule is C=C1CC(=O)N(c2ccc(N3C(=O)C=CC3=O)c3ccccc23)C1=O. The molecular formula is C19H12N2O4. The Hall–Kier alpha value is -3.54. The highest BCUT2D eigenvalue weighted by Crippen LogP contribution is 2.37. The standard InChI is InChI=1S/C19H12N2O4/c1-11-10-18(24)21(19(11)25)15-7-6-14(12-4-2-3-5-13(12)15)20-16(22)8-9-17(20)23/h2-9H,1,10H2. The third kappa shape index (κ3) is 2.11. The van der Waals surface area contributed by atoms with Gasteiger partial charge in [-0.1, -0.05) is 30.8 Å². The maximum absolute atomic E-state index is 12.3. The molecular weight excluding hydrogens is 320 g/mol. The first-order valence-electron chi connectivity index (χ1n) is 7.62. The van der Waals surface area contributed by atoms with Crippen LogP contribution < -0.4 is 9.80 Å². The third-order valence-corrected chi connectivity index (χ3v) is 4.29. The number of hydrogen-bond donors (Lipinski definition) is 0. The summed E-state index contributed by atoms with van der Waals surface area (Å²) >= 11 is 0. The van der Waals surface area contributed by atoms with Crippen LogP contribution in [-0.2, 0) is 19.2 Å². The van der Waals surface area contributed by atoms with E-state index in [4.69, 9.17) is 0 Å². The third-order valence-electron chi connectivity index (χ3n) is 4.29. The lowest BCUT2D eigenvalue weighted by atomic mass is 10.0. The summed E-state index contributed by atoms with van der Waals surface area (Å²) in [5, 5.41) is 1.20. The summed E-state index contributed by atoms with van der Waals surface area (Å²) in [6, 6.07) is 10.2. The van der Waals surface area contributed by atoms with Crippen molar-refractivity contribution in [2.75, 3.05) is 9.80 Å². The molecule has 4 amide bonds. The van der Waals surface area contributed by atoms with Crippen molar-refractivity contribution in [3.8, 4) is 0 Å². The molecule has 0 aromatic heterocycles. The van der Waals surface area contributed by atoms with Crippen molar-refractivity contribution in [1.82, 2.24) is 0 Å². The molecule has 2 aliphatic rings. The van der Waals surface area contributed by atoms with Gasteiger partial charge in [0.25, 0.3) is 17.7 Å². The van der Waals surface area contributed by atoms with E-state index in [1.807, 2.05) is 0 Å². The molecule has 25 heavy (non-hydrogen) atoms. The highest BCUT2D eigenvalue weighted by Gasteiger charge is 2.35. The number of anilines is 2. The van der Waals surface area contributed by atoms with E-state index in [0.717, 1.165) is 9.80 Å². The van der Waals surface area contributed by atoms with Crippen molar-refractivity contribution < 1.29 is 19.2 Å². The van der Waals surface area contributed by atoms with E-state index in [2.05, 4.69) is 6.58 Å². The van der Waals surface area contributed by atoms with Gasteiger partial charge in [-0.15, -0.1) is 0 Å². The molecule has 0 radical (unpaired) electrons. The predicted octanol–water partition coefficient (Wildman–Crippen LogP) is 2.09. The van der Waals surface area contributed by atoms with E-state index in [-0.39, 0.29) is 17.9 Å². The maximum atomic E-state index is 12.3. The van der Waals surface area contributed by atoms with E-state index >= 15 is 0 Å². The van der Waals surface area contributed by atoms with Gasteiger partial charge in [0.05, 0.1) is 17.8 Å². The molecule has 2 aromatic carbocycles. The number of fused-ring (bicyclic) bond motifs is 1. The van der Waals surface area contributed by atoms with Crippen LogP contribution in [0, 0.1) is 0 Å². The molecule has 1 saturated heterocycles. The minimum Gasteiger partial charge on any atom is -0.274 e. The summed E-state index contributed by atoms with van der Waals surface area (Å²) in [6.07, 6.45) is 2.41. The fraction of sp³-hybridized carbons (Fsp3) is 0.0526. The lowest BCUT2D eigenvalue weighted by molar-refractivity contribution is -0.122. The summed E-state index contributed by atoms with van der Waals surface area (Å²) in [6.45, 7) is 3.62. The molecule has 4 rings (SSSR count). The molecule has 122 valence electrons. The van der Waals surface area contributed by atoms with Crippen molar-refractivity contribution in [3.05, 3.63) is 60.7 Å². The van der Waals surface area contributed by atoms with Gasteiger partial charge in [-0.05, 0) is 12.1 Å². The van der Waals surface area contributed by atoms with E-state index in [0.29, 0.717) is 22.1 Å². The fourth-order valence-corrected chi connectivity index (χ4v) is 3.15. The average molecular weight is 332 g/mol. The Morgan fingerprint density at radius 1 is 0.760 bits per heavy atom. The lowest BCUT2D eigenvalue weighted by Gasteiger charge is -2.21. The van der Waals surface area contributed by atoms with Crippen LogP contribution in [0.5, 0.6) is 0 Å². The minimum atomic E-state index is -0.433. The van der Waals surface area contributed by atoms with Gasteiger partial charge >= 0.3 is 0 Å². The van der Waals surface area contributed by atoms with Gasteiger partial charge in [-0.2, -0.15) is 0 Å². The zero-order valence-electron chi connectivity index (χ0n) is 13.1. The van der Waals surface area contributed by atoms with Crippen LogP contribution in [0.4, 0.5) is 11.4 Å². The Morgan fingerprint density at radius 3 is 1.76 bits per heavy atom. The molecule has 2 heterocycles. The molecule has 6 heteroatoms. The van der Waals surface area contributed by atoms with Crippen LogP contribution in [0.15, 0.2) is 60.7 Å². The first-order chi connectivity index (χ1) is 12.0. The van der Waals surface area contributed by atoms with Crippen LogP contribution in [0.25, 0.3) is 10.8 Å². The Kier molecular flexibility index (Phi) is 3.15. The van der Waals surface area contributed by atoms with E-state index < -0.39 is 17.7 Å². The van der Waals surface area contributed by atoms with Crippen LogP contribution >= 0.6 is 0 Å². The largest absolute Gasteiger partial charge is 0.274 e. The predicted molar refractivity (Wildman–Crippen MR) is 91.8 cm³/mol. The van der Waals surface area contributed by atoms with Gasteiger partial charge < -0.3 is 0 Å². The molecule has 6 nitrogen and oxygen atoms in total. The molecule has 2 aromatic rings. The quantitative estimate of drug-likeness (QED) is 0.623. The Morgan fingerprint density at radius 2 is 1.28 bits per heavy atom. The second-order valence-electron chi connectivity index (χ2n) is 5.81. The average Bonchev–Trinajstić information content (AvgIpc) is 3.06. The number of hydrogen-bond acceptors (Lipinski definition) is 4. The number of carbonyl (C=O) groups is 4. The number of nitrogens with zero attached hydrogens (tertiary/aromatic N) is 2. The van der Waals surface area contributed by atoms with Crippen LogP contribution in [0.1, 0.15) is 6.42 Å². The van der Waals surface area contributed by atoms with Crippen molar-refractivity contribution in [3.63, 3.8) is 0 Å². The lowest BCUT2D eigenvalue weighted by Crippen LogP contribution is -2.31. The molecule has 0 saturated carbocycles. The van der Waals surface area contributed by atoms with Gasteiger partial charge in [-0.3, -0.25) is 19.2 Å². The number of carbonyl (C=O) groups excluding carboxylic acids is 4. The van der Waals surface area contributed by atoms with E-state index in [1.165, 1.54) is 12.2 Å². The second kappa shape index (κ2) is 5.24. The number of benzene rings is 2. The monoisotopic (exact) mass is 332 g/mol. The van der Waals surface area contributed by atoms with E-state index in [1.54, 1.807) is 36.4 Å². The zero-order valence-corrected chi connectivity index (χ0v) is 13.1. The summed E-state index contributed by atoms with van der Waals surface area (Å²) in [4.78, 5) is 50.7. The molecule has 2 aliphatic heterocycles. The topological polar surface area (TPSA) is 74.8 Å². The van der Waals surface area contributed by atoms with Gasteiger partial charge in [-0.25, -0.2) is 9.80 Å². The van der Waals surface area contributed by atoms with Crippen molar-refractivity contribution in [2.45, 2.75) is 6.42 Å². The Labute approximate surface area is 142 Å². The number of rotatable bonds is 2. The normalized spacial score (nSPS) is 17.5. The van der Waals surface area contributed by atoms with Crippen molar-refractivity contribution in [2.24, 2.45) is 0 Å². The van der Waals surface area contributed by atoms with Gasteiger partial charge in [0.2, 0.25) is 5.91 Å². The first-order valence-corrected chi connectivity index (χ1v) is 7.62. The van der Waals surface area contributed by atoms with Gasteiger partial charge in [0.15, 0.2) is 0 Å². The maximum Gasteiger partial charge on any atom is 0.260 e. The Balaban J connectivity index is 1.93. The van der Waals surface area contributed by atoms with Crippen molar-refractivity contribution >= 4 is 45.8 Å². The molecule has 1 fully saturated rings. The fourth-order valence-electron chi connectivity index (χ4n) is 3.15. The molecule has 0 unspecified atom stereocenters. The van der Waals surface area contributed by atoms with Crippen LogP contribution in [0.3, 0.4) is 0 Å². The first kappa shape index (κ1) is 15.0. The minimum absolute atomic E-state index is 0.0120. The van der Waals surface area contributed by atoms with Crippen LogP contribution in [-0.4, -0.2) is 23.6 Å². The molecule has 0 N–H and O–H groups in total. The molecule has 0 atom stereocenters. The Bertz CT molecular complexity index is 1020. The highest BCUT2D eigenvalue weighted by molar-refractivity contribution is 6.33. The number of amides is 4. The highest BCUT2D eigenvalue weighted by atomic mass is 16.2.